The molecule has 1 N–H and O–H groups in total. The summed E-state index contributed by atoms with van der Waals surface area (Å²) in [6.07, 6.45) is 9.54. The highest BCUT2D eigenvalue weighted by Gasteiger charge is 2.30. The van der Waals surface area contributed by atoms with Crippen LogP contribution >= 0.6 is 0 Å². The summed E-state index contributed by atoms with van der Waals surface area (Å²) in [6.45, 7) is 4.21. The molecule has 2 saturated heterocycles. The molecular formula is C14H26N2O. The Morgan fingerprint density at radius 1 is 1.18 bits per heavy atom. The van der Waals surface area contributed by atoms with Crippen molar-refractivity contribution in [3.05, 3.63) is 0 Å². The summed E-state index contributed by atoms with van der Waals surface area (Å²) in [7, 11) is 0. The molecule has 2 aliphatic heterocycles. The van der Waals surface area contributed by atoms with Gasteiger partial charge >= 0.3 is 0 Å². The zero-order valence-electron chi connectivity index (χ0n) is 11.1. The van der Waals surface area contributed by atoms with Gasteiger partial charge in [-0.1, -0.05) is 26.2 Å². The van der Waals surface area contributed by atoms with Crippen LogP contribution in [0.1, 0.15) is 58.3 Å². The van der Waals surface area contributed by atoms with Crippen LogP contribution in [0.4, 0.5) is 0 Å². The Bertz CT molecular complexity index is 249. The number of likely N-dealkylation sites (tertiary alicyclic amines) is 1. The topological polar surface area (TPSA) is 32.3 Å². The number of amides is 1. The molecule has 98 valence electrons. The van der Waals surface area contributed by atoms with Crippen LogP contribution in [0.2, 0.25) is 0 Å². The Kier molecular flexibility index (Phi) is 4.84. The normalized spacial score (nSPS) is 31.0. The minimum Gasteiger partial charge on any atom is -0.338 e. The van der Waals surface area contributed by atoms with Crippen molar-refractivity contribution in [3.8, 4) is 0 Å². The lowest BCUT2D eigenvalue weighted by molar-refractivity contribution is -0.136. The maximum Gasteiger partial charge on any atom is 0.239 e. The molecule has 0 aromatic rings. The van der Waals surface area contributed by atoms with E-state index in [2.05, 4.69) is 17.1 Å². The van der Waals surface area contributed by atoms with Crippen LogP contribution < -0.4 is 5.32 Å². The first kappa shape index (κ1) is 12.9. The van der Waals surface area contributed by atoms with E-state index in [9.17, 15) is 4.79 Å². The van der Waals surface area contributed by atoms with E-state index < -0.39 is 0 Å². The first-order valence-electron chi connectivity index (χ1n) is 7.36. The number of hydrogen-bond acceptors (Lipinski definition) is 2. The van der Waals surface area contributed by atoms with Crippen LogP contribution in [0, 0.1) is 0 Å². The second kappa shape index (κ2) is 6.39. The molecule has 0 saturated carbocycles. The van der Waals surface area contributed by atoms with Gasteiger partial charge in [0.2, 0.25) is 5.91 Å². The van der Waals surface area contributed by atoms with Crippen LogP contribution in [-0.2, 0) is 4.79 Å². The molecule has 2 fully saturated rings. The Hall–Kier alpha value is -0.570. The monoisotopic (exact) mass is 238 g/mol. The smallest absolute Gasteiger partial charge is 0.239 e. The Morgan fingerprint density at radius 2 is 2.00 bits per heavy atom. The van der Waals surface area contributed by atoms with Crippen LogP contribution in [0.25, 0.3) is 0 Å². The minimum atomic E-state index is 0.107. The Balaban J connectivity index is 1.98. The molecular weight excluding hydrogens is 212 g/mol. The number of carbonyl (C=O) groups is 1. The van der Waals surface area contributed by atoms with Gasteiger partial charge in [-0.2, -0.15) is 0 Å². The lowest BCUT2D eigenvalue weighted by Crippen LogP contribution is -2.51. The van der Waals surface area contributed by atoms with Gasteiger partial charge in [0, 0.05) is 12.6 Å². The predicted molar refractivity (Wildman–Crippen MR) is 69.9 cm³/mol. The fourth-order valence-electron chi connectivity index (χ4n) is 3.15. The lowest BCUT2D eigenvalue weighted by atomic mass is 10.0. The van der Waals surface area contributed by atoms with Gasteiger partial charge in [0.15, 0.2) is 0 Å². The van der Waals surface area contributed by atoms with Gasteiger partial charge in [-0.3, -0.25) is 4.79 Å². The zero-order chi connectivity index (χ0) is 12.1. The predicted octanol–water partition coefficient (Wildman–Crippen LogP) is 2.31. The average Bonchev–Trinajstić information content (AvgIpc) is 2.64. The van der Waals surface area contributed by atoms with Crippen molar-refractivity contribution in [1.29, 1.82) is 0 Å². The molecule has 0 aliphatic carbocycles. The second-order valence-electron chi connectivity index (χ2n) is 5.45. The molecule has 17 heavy (non-hydrogen) atoms. The molecule has 0 aromatic heterocycles. The SMILES string of the molecule is CCC1CCCCCN1C(=O)C1CCCCN1. The second-order valence-corrected chi connectivity index (χ2v) is 5.45. The fraction of sp³-hybridized carbons (Fsp3) is 0.929. The van der Waals surface area contributed by atoms with Crippen molar-refractivity contribution in [2.24, 2.45) is 0 Å². The van der Waals surface area contributed by atoms with E-state index in [-0.39, 0.29) is 6.04 Å². The number of nitrogens with one attached hydrogen (secondary N) is 1. The van der Waals surface area contributed by atoms with Gasteiger partial charge in [0.1, 0.15) is 0 Å². The van der Waals surface area contributed by atoms with E-state index in [1.165, 1.54) is 38.5 Å². The van der Waals surface area contributed by atoms with Crippen molar-refractivity contribution in [2.45, 2.75) is 70.4 Å². The number of carbonyl (C=O) groups excluding carboxylic acids is 1. The van der Waals surface area contributed by atoms with Crippen LogP contribution in [0.3, 0.4) is 0 Å². The summed E-state index contributed by atoms with van der Waals surface area (Å²) in [5.41, 5.74) is 0. The molecule has 3 heteroatoms. The van der Waals surface area contributed by atoms with Gasteiger partial charge < -0.3 is 10.2 Å². The van der Waals surface area contributed by atoms with Gasteiger partial charge in [-0.15, -0.1) is 0 Å². The summed E-state index contributed by atoms with van der Waals surface area (Å²) in [5, 5.41) is 3.39. The van der Waals surface area contributed by atoms with E-state index in [0.717, 1.165) is 25.9 Å². The molecule has 3 nitrogen and oxygen atoms in total. The standard InChI is InChI=1S/C14H26N2O/c1-2-12-8-4-3-7-11-16(12)14(17)13-9-5-6-10-15-13/h12-13,15H,2-11H2,1H3. The Morgan fingerprint density at radius 3 is 2.71 bits per heavy atom. The van der Waals surface area contributed by atoms with Crippen LogP contribution in [0.15, 0.2) is 0 Å². The molecule has 2 heterocycles. The molecule has 2 aliphatic rings. The molecule has 1 amide bonds. The van der Waals surface area contributed by atoms with Crippen LogP contribution in [-0.4, -0.2) is 36.0 Å². The fourth-order valence-corrected chi connectivity index (χ4v) is 3.15. The summed E-state index contributed by atoms with van der Waals surface area (Å²) in [4.78, 5) is 14.7. The minimum absolute atomic E-state index is 0.107. The van der Waals surface area contributed by atoms with Crippen molar-refractivity contribution in [3.63, 3.8) is 0 Å². The van der Waals surface area contributed by atoms with Gasteiger partial charge in [-0.25, -0.2) is 0 Å². The van der Waals surface area contributed by atoms with Gasteiger partial charge in [0.05, 0.1) is 6.04 Å². The third-order valence-corrected chi connectivity index (χ3v) is 4.24. The number of hydrogen-bond donors (Lipinski definition) is 1. The summed E-state index contributed by atoms with van der Waals surface area (Å²) in [6, 6.07) is 0.602. The molecule has 2 atom stereocenters. The highest BCUT2D eigenvalue weighted by molar-refractivity contribution is 5.82. The third-order valence-electron chi connectivity index (χ3n) is 4.24. The van der Waals surface area contributed by atoms with E-state index in [1.54, 1.807) is 0 Å². The first-order valence-corrected chi connectivity index (χ1v) is 7.36. The quantitative estimate of drug-likeness (QED) is 0.800. The molecule has 2 rings (SSSR count). The summed E-state index contributed by atoms with van der Waals surface area (Å²) >= 11 is 0. The largest absolute Gasteiger partial charge is 0.338 e. The molecule has 0 bridgehead atoms. The number of rotatable bonds is 2. The molecule has 0 radical (unpaired) electrons. The maximum atomic E-state index is 12.5. The first-order chi connectivity index (χ1) is 8.33. The van der Waals surface area contributed by atoms with E-state index >= 15 is 0 Å². The number of nitrogens with zero attached hydrogens (tertiary/aromatic N) is 1. The summed E-state index contributed by atoms with van der Waals surface area (Å²) in [5.74, 6) is 0.374. The van der Waals surface area contributed by atoms with Crippen molar-refractivity contribution in [2.75, 3.05) is 13.1 Å². The van der Waals surface area contributed by atoms with Gasteiger partial charge in [-0.05, 0) is 38.6 Å². The third kappa shape index (κ3) is 3.21. The maximum absolute atomic E-state index is 12.5. The number of piperidine rings is 1. The highest BCUT2D eigenvalue weighted by Crippen LogP contribution is 2.21. The van der Waals surface area contributed by atoms with E-state index in [4.69, 9.17) is 0 Å². The highest BCUT2D eigenvalue weighted by atomic mass is 16.2. The summed E-state index contributed by atoms with van der Waals surface area (Å²) < 4.78 is 0. The average molecular weight is 238 g/mol. The van der Waals surface area contributed by atoms with Gasteiger partial charge in [0.25, 0.3) is 0 Å². The van der Waals surface area contributed by atoms with Crippen molar-refractivity contribution >= 4 is 5.91 Å². The van der Waals surface area contributed by atoms with E-state index in [0.29, 0.717) is 11.9 Å². The van der Waals surface area contributed by atoms with Crippen LogP contribution in [0.5, 0.6) is 0 Å². The van der Waals surface area contributed by atoms with Crippen molar-refractivity contribution < 1.29 is 4.79 Å². The molecule has 0 aromatic carbocycles. The lowest BCUT2D eigenvalue weighted by Gasteiger charge is -2.34. The zero-order valence-corrected chi connectivity index (χ0v) is 11.1. The molecule has 0 spiro atoms. The Labute approximate surface area is 105 Å². The van der Waals surface area contributed by atoms with E-state index in [1.807, 2.05) is 0 Å². The van der Waals surface area contributed by atoms with Crippen molar-refractivity contribution in [1.82, 2.24) is 10.2 Å². The molecule has 2 unspecified atom stereocenters.